The quantitative estimate of drug-likeness (QED) is 0.845. The number of benzene rings is 2. The Bertz CT molecular complexity index is 581. The summed E-state index contributed by atoms with van der Waals surface area (Å²) in [7, 11) is 0. The van der Waals surface area contributed by atoms with Gasteiger partial charge in [-0.1, -0.05) is 46.9 Å². The second kappa shape index (κ2) is 6.68. The first kappa shape index (κ1) is 15.5. The molecule has 0 amide bonds. The van der Waals surface area contributed by atoms with Crippen LogP contribution in [0.1, 0.15) is 18.6 Å². The highest BCUT2D eigenvalue weighted by Gasteiger charge is 2.19. The summed E-state index contributed by atoms with van der Waals surface area (Å²) >= 11 is 17.9. The van der Waals surface area contributed by atoms with Crippen molar-refractivity contribution < 1.29 is 4.74 Å². The van der Waals surface area contributed by atoms with Gasteiger partial charge in [0.05, 0.1) is 0 Å². The van der Waals surface area contributed by atoms with Crippen LogP contribution < -0.4 is 10.5 Å². The van der Waals surface area contributed by atoms with Crippen molar-refractivity contribution in [1.29, 1.82) is 0 Å². The predicted octanol–water partition coefficient (Wildman–Crippen LogP) is 5.11. The summed E-state index contributed by atoms with van der Waals surface area (Å²) < 4.78 is 5.93. The van der Waals surface area contributed by atoms with Crippen molar-refractivity contribution in [3.63, 3.8) is 0 Å². The van der Waals surface area contributed by atoms with Crippen LogP contribution in [0.15, 0.2) is 42.5 Å². The molecule has 2 nitrogen and oxygen atoms in total. The van der Waals surface area contributed by atoms with Gasteiger partial charge >= 0.3 is 0 Å². The van der Waals surface area contributed by atoms with Crippen molar-refractivity contribution in [1.82, 2.24) is 0 Å². The van der Waals surface area contributed by atoms with E-state index in [2.05, 4.69) is 0 Å². The Morgan fingerprint density at radius 3 is 2.15 bits per heavy atom. The zero-order valence-corrected chi connectivity index (χ0v) is 13.1. The van der Waals surface area contributed by atoms with E-state index in [1.807, 2.05) is 25.1 Å². The van der Waals surface area contributed by atoms with E-state index in [0.29, 0.717) is 20.8 Å². The number of nitrogens with two attached hydrogens (primary N) is 1. The monoisotopic (exact) mass is 329 g/mol. The molecule has 0 aromatic heterocycles. The summed E-state index contributed by atoms with van der Waals surface area (Å²) in [5.41, 5.74) is 6.91. The van der Waals surface area contributed by atoms with E-state index in [-0.39, 0.29) is 12.1 Å². The molecule has 0 heterocycles. The summed E-state index contributed by atoms with van der Waals surface area (Å²) in [5, 5.41) is 1.67. The van der Waals surface area contributed by atoms with Gasteiger partial charge in [0.1, 0.15) is 11.9 Å². The average molecular weight is 331 g/mol. The topological polar surface area (TPSA) is 35.2 Å². The zero-order chi connectivity index (χ0) is 14.7. The smallest absolute Gasteiger partial charge is 0.139 e. The van der Waals surface area contributed by atoms with Gasteiger partial charge in [-0.15, -0.1) is 0 Å². The minimum absolute atomic E-state index is 0.216. The van der Waals surface area contributed by atoms with Crippen molar-refractivity contribution in [2.75, 3.05) is 0 Å². The lowest BCUT2D eigenvalue weighted by atomic mass is 10.0. The number of rotatable bonds is 4. The number of hydrogen-bond acceptors (Lipinski definition) is 2. The Morgan fingerprint density at radius 2 is 1.60 bits per heavy atom. The standard InChI is InChI=1S/C15H14Cl3NO/c1-9(19)15(10-3-2-4-11(16)5-10)20-14-7-12(17)6-13(18)8-14/h2-9,15H,19H2,1H3. The van der Waals surface area contributed by atoms with Gasteiger partial charge in [-0.3, -0.25) is 0 Å². The van der Waals surface area contributed by atoms with Crippen LogP contribution in [0.25, 0.3) is 0 Å². The maximum Gasteiger partial charge on any atom is 0.139 e. The van der Waals surface area contributed by atoms with Gasteiger partial charge in [-0.2, -0.15) is 0 Å². The van der Waals surface area contributed by atoms with Crippen molar-refractivity contribution >= 4 is 34.8 Å². The highest BCUT2D eigenvalue weighted by atomic mass is 35.5. The summed E-state index contributed by atoms with van der Waals surface area (Å²) in [4.78, 5) is 0. The van der Waals surface area contributed by atoms with Gasteiger partial charge < -0.3 is 10.5 Å². The van der Waals surface area contributed by atoms with E-state index in [1.165, 1.54) is 0 Å². The molecular weight excluding hydrogens is 317 g/mol. The van der Waals surface area contributed by atoms with Crippen molar-refractivity contribution in [2.45, 2.75) is 19.1 Å². The molecule has 2 N–H and O–H groups in total. The van der Waals surface area contributed by atoms with Crippen molar-refractivity contribution in [3.05, 3.63) is 63.1 Å². The number of hydrogen-bond donors (Lipinski definition) is 1. The molecular formula is C15H14Cl3NO. The fraction of sp³-hybridized carbons (Fsp3) is 0.200. The molecule has 106 valence electrons. The van der Waals surface area contributed by atoms with Crippen LogP contribution in [0, 0.1) is 0 Å². The molecule has 2 atom stereocenters. The first-order valence-corrected chi connectivity index (χ1v) is 7.23. The van der Waals surface area contributed by atoms with Gasteiger partial charge in [-0.05, 0) is 42.8 Å². The van der Waals surface area contributed by atoms with Crippen LogP contribution in [0.2, 0.25) is 15.1 Å². The van der Waals surface area contributed by atoms with Crippen LogP contribution in [-0.2, 0) is 0 Å². The molecule has 0 aliphatic heterocycles. The molecule has 2 aromatic rings. The average Bonchev–Trinajstić information content (AvgIpc) is 2.34. The minimum atomic E-state index is -0.330. The van der Waals surface area contributed by atoms with E-state index in [1.54, 1.807) is 24.3 Å². The van der Waals surface area contributed by atoms with Crippen LogP contribution in [0.3, 0.4) is 0 Å². The first-order chi connectivity index (χ1) is 9.45. The van der Waals surface area contributed by atoms with Crippen LogP contribution in [0.4, 0.5) is 0 Å². The van der Waals surface area contributed by atoms with Crippen molar-refractivity contribution in [2.24, 2.45) is 5.73 Å². The molecule has 5 heteroatoms. The molecule has 0 aliphatic rings. The molecule has 20 heavy (non-hydrogen) atoms. The summed E-state index contributed by atoms with van der Waals surface area (Å²) in [6.45, 7) is 1.87. The molecule has 0 bridgehead atoms. The largest absolute Gasteiger partial charge is 0.484 e. The third-order valence-electron chi connectivity index (χ3n) is 2.75. The Morgan fingerprint density at radius 1 is 0.950 bits per heavy atom. The van der Waals surface area contributed by atoms with Gasteiger partial charge in [0, 0.05) is 21.1 Å². The van der Waals surface area contributed by atoms with Crippen LogP contribution >= 0.6 is 34.8 Å². The van der Waals surface area contributed by atoms with E-state index in [0.717, 1.165) is 5.56 Å². The third kappa shape index (κ3) is 4.03. The van der Waals surface area contributed by atoms with Gasteiger partial charge in [0.15, 0.2) is 0 Å². The Kier molecular flexibility index (Phi) is 5.17. The Balaban J connectivity index is 2.30. The third-order valence-corrected chi connectivity index (χ3v) is 3.43. The fourth-order valence-corrected chi connectivity index (χ4v) is 2.61. The highest BCUT2D eigenvalue weighted by molar-refractivity contribution is 6.34. The summed E-state index contributed by atoms with van der Waals surface area (Å²) in [6.07, 6.45) is -0.330. The molecule has 2 rings (SSSR count). The lowest BCUT2D eigenvalue weighted by Crippen LogP contribution is -2.29. The van der Waals surface area contributed by atoms with Gasteiger partial charge in [0.25, 0.3) is 0 Å². The molecule has 2 unspecified atom stereocenters. The van der Waals surface area contributed by atoms with Crippen LogP contribution in [0.5, 0.6) is 5.75 Å². The molecule has 0 spiro atoms. The van der Waals surface area contributed by atoms with Crippen molar-refractivity contribution in [3.8, 4) is 5.75 Å². The SMILES string of the molecule is CC(N)C(Oc1cc(Cl)cc(Cl)c1)c1cccc(Cl)c1. The second-order valence-electron chi connectivity index (χ2n) is 4.56. The Hall–Kier alpha value is -0.930. The second-order valence-corrected chi connectivity index (χ2v) is 5.87. The zero-order valence-electron chi connectivity index (χ0n) is 10.8. The first-order valence-electron chi connectivity index (χ1n) is 6.09. The summed E-state index contributed by atoms with van der Waals surface area (Å²) in [6, 6.07) is 12.3. The highest BCUT2D eigenvalue weighted by Crippen LogP contribution is 2.30. The molecule has 0 aliphatic carbocycles. The fourth-order valence-electron chi connectivity index (χ4n) is 1.91. The molecule has 0 fully saturated rings. The number of ether oxygens (including phenoxy) is 1. The molecule has 0 saturated carbocycles. The van der Waals surface area contributed by atoms with E-state index < -0.39 is 0 Å². The normalized spacial score (nSPS) is 13.8. The van der Waals surface area contributed by atoms with Gasteiger partial charge in [-0.25, -0.2) is 0 Å². The van der Waals surface area contributed by atoms with Crippen LogP contribution in [-0.4, -0.2) is 6.04 Å². The predicted molar refractivity (Wildman–Crippen MR) is 84.9 cm³/mol. The molecule has 2 aromatic carbocycles. The van der Waals surface area contributed by atoms with E-state index in [4.69, 9.17) is 45.3 Å². The van der Waals surface area contributed by atoms with E-state index >= 15 is 0 Å². The lowest BCUT2D eigenvalue weighted by molar-refractivity contribution is 0.180. The Labute approximate surface area is 133 Å². The lowest BCUT2D eigenvalue weighted by Gasteiger charge is -2.23. The molecule has 0 radical (unpaired) electrons. The molecule has 0 saturated heterocycles. The maximum atomic E-state index is 6.01. The van der Waals surface area contributed by atoms with E-state index in [9.17, 15) is 0 Å². The minimum Gasteiger partial charge on any atom is -0.484 e. The summed E-state index contributed by atoms with van der Waals surface area (Å²) in [5.74, 6) is 0.574. The maximum absolute atomic E-state index is 6.01. The number of halogens is 3. The van der Waals surface area contributed by atoms with Gasteiger partial charge in [0.2, 0.25) is 0 Å².